The number of carbonyl (C=O) groups excluding carboxylic acids is 1. The Hall–Kier alpha value is -2.42. The maximum atomic E-state index is 12.1. The molecule has 0 saturated carbocycles. The predicted octanol–water partition coefficient (Wildman–Crippen LogP) is 4.09. The molecule has 0 unspecified atom stereocenters. The molecule has 0 radical (unpaired) electrons. The number of allylic oxidation sites excluding steroid dienone is 2. The van der Waals surface area contributed by atoms with Crippen LogP contribution in [0.3, 0.4) is 0 Å². The van der Waals surface area contributed by atoms with Crippen LogP contribution in [0.2, 0.25) is 0 Å². The number of amides is 1. The van der Waals surface area contributed by atoms with Crippen molar-refractivity contribution >= 4 is 22.5 Å². The third-order valence-corrected chi connectivity index (χ3v) is 2.96. The Morgan fingerprint density at radius 3 is 2.80 bits per heavy atom. The van der Waals surface area contributed by atoms with Gasteiger partial charge in [0, 0.05) is 17.2 Å². The van der Waals surface area contributed by atoms with Crippen LogP contribution < -0.4 is 5.32 Å². The van der Waals surface area contributed by atoms with Crippen molar-refractivity contribution in [3.63, 3.8) is 0 Å². The van der Waals surface area contributed by atoms with Gasteiger partial charge < -0.3 is 5.32 Å². The molecule has 3 heteroatoms. The Morgan fingerprint density at radius 1 is 1.30 bits per heavy atom. The standard InChI is InChI=1S/C17H18N2O/c1-12(2)9-10-13(3)17(20)19-15-8-4-6-14-7-5-11-18-16(14)15/h4-9,11H,3,10H2,1-2H3,(H,19,20). The van der Waals surface area contributed by atoms with Crippen molar-refractivity contribution in [1.29, 1.82) is 0 Å². The zero-order valence-corrected chi connectivity index (χ0v) is 11.8. The van der Waals surface area contributed by atoms with Gasteiger partial charge in [0.1, 0.15) is 0 Å². The number of hydrogen-bond donors (Lipinski definition) is 1. The smallest absolute Gasteiger partial charge is 0.251 e. The number of fused-ring (bicyclic) bond motifs is 1. The lowest BCUT2D eigenvalue weighted by Gasteiger charge is -2.08. The first-order valence-corrected chi connectivity index (χ1v) is 6.54. The SMILES string of the molecule is C=C(CC=C(C)C)C(=O)Nc1cccc2cccnc12. The van der Waals surface area contributed by atoms with Gasteiger partial charge in [-0.25, -0.2) is 0 Å². The number of benzene rings is 1. The molecule has 1 heterocycles. The molecule has 20 heavy (non-hydrogen) atoms. The molecule has 0 bridgehead atoms. The molecule has 0 saturated heterocycles. The zero-order chi connectivity index (χ0) is 14.5. The summed E-state index contributed by atoms with van der Waals surface area (Å²) in [5, 5.41) is 3.88. The molecule has 0 spiro atoms. The van der Waals surface area contributed by atoms with E-state index in [-0.39, 0.29) is 5.91 Å². The van der Waals surface area contributed by atoms with E-state index in [1.54, 1.807) is 6.20 Å². The molecule has 1 amide bonds. The molecule has 2 rings (SSSR count). The van der Waals surface area contributed by atoms with Crippen LogP contribution in [0, 0.1) is 0 Å². The molecule has 1 N–H and O–H groups in total. The van der Waals surface area contributed by atoms with Crippen molar-refractivity contribution < 1.29 is 4.79 Å². The van der Waals surface area contributed by atoms with E-state index >= 15 is 0 Å². The molecule has 1 aromatic carbocycles. The Kier molecular flexibility index (Phi) is 4.31. The van der Waals surface area contributed by atoms with Crippen LogP contribution >= 0.6 is 0 Å². The van der Waals surface area contributed by atoms with Gasteiger partial charge in [-0.05, 0) is 32.4 Å². The minimum absolute atomic E-state index is 0.166. The van der Waals surface area contributed by atoms with Crippen molar-refractivity contribution in [1.82, 2.24) is 4.98 Å². The molecule has 1 aromatic heterocycles. The minimum Gasteiger partial charge on any atom is -0.320 e. The van der Waals surface area contributed by atoms with Crippen molar-refractivity contribution in [2.75, 3.05) is 5.32 Å². The third-order valence-electron chi connectivity index (χ3n) is 2.96. The second-order valence-electron chi connectivity index (χ2n) is 4.92. The van der Waals surface area contributed by atoms with E-state index < -0.39 is 0 Å². The van der Waals surface area contributed by atoms with Gasteiger partial charge in [-0.1, -0.05) is 36.4 Å². The van der Waals surface area contributed by atoms with Crippen molar-refractivity contribution in [3.8, 4) is 0 Å². The molecule has 0 aliphatic carbocycles. The maximum Gasteiger partial charge on any atom is 0.251 e. The van der Waals surface area contributed by atoms with Crippen molar-refractivity contribution in [2.24, 2.45) is 0 Å². The summed E-state index contributed by atoms with van der Waals surface area (Å²) in [5.41, 5.74) is 3.22. The first-order chi connectivity index (χ1) is 9.58. The van der Waals surface area contributed by atoms with Crippen LogP contribution in [0.1, 0.15) is 20.3 Å². The minimum atomic E-state index is -0.166. The summed E-state index contributed by atoms with van der Waals surface area (Å²) >= 11 is 0. The number of aromatic nitrogens is 1. The van der Waals surface area contributed by atoms with Crippen molar-refractivity contribution in [2.45, 2.75) is 20.3 Å². The van der Waals surface area contributed by atoms with Gasteiger partial charge in [0.15, 0.2) is 0 Å². The van der Waals surface area contributed by atoms with E-state index in [2.05, 4.69) is 16.9 Å². The Balaban J connectivity index is 2.18. The average Bonchev–Trinajstić information content (AvgIpc) is 2.45. The number of nitrogens with zero attached hydrogens (tertiary/aromatic N) is 1. The normalized spacial score (nSPS) is 10.1. The van der Waals surface area contributed by atoms with Crippen LogP contribution in [0.25, 0.3) is 10.9 Å². The Morgan fingerprint density at radius 2 is 2.05 bits per heavy atom. The summed E-state index contributed by atoms with van der Waals surface area (Å²) in [5.74, 6) is -0.166. The van der Waals surface area contributed by atoms with Crippen LogP contribution in [-0.2, 0) is 4.79 Å². The molecule has 0 aliphatic rings. The molecule has 0 aliphatic heterocycles. The zero-order valence-electron chi connectivity index (χ0n) is 11.8. The second-order valence-corrected chi connectivity index (χ2v) is 4.92. The predicted molar refractivity (Wildman–Crippen MR) is 83.6 cm³/mol. The molecule has 0 fully saturated rings. The summed E-state index contributed by atoms with van der Waals surface area (Å²) in [4.78, 5) is 16.4. The van der Waals surface area contributed by atoms with E-state index in [4.69, 9.17) is 0 Å². The highest BCUT2D eigenvalue weighted by Gasteiger charge is 2.08. The molecular weight excluding hydrogens is 248 g/mol. The molecule has 0 atom stereocenters. The largest absolute Gasteiger partial charge is 0.320 e. The summed E-state index contributed by atoms with van der Waals surface area (Å²) in [7, 11) is 0. The van der Waals surface area contributed by atoms with Crippen LogP contribution in [0.15, 0.2) is 60.3 Å². The number of anilines is 1. The lowest BCUT2D eigenvalue weighted by molar-refractivity contribution is -0.112. The Bertz CT molecular complexity index is 677. The Labute approximate surface area is 119 Å². The summed E-state index contributed by atoms with van der Waals surface area (Å²) in [6, 6.07) is 9.56. The van der Waals surface area contributed by atoms with Gasteiger partial charge in [0.05, 0.1) is 11.2 Å². The van der Waals surface area contributed by atoms with E-state index in [0.29, 0.717) is 17.7 Å². The van der Waals surface area contributed by atoms with Crippen LogP contribution in [0.5, 0.6) is 0 Å². The number of nitrogens with one attached hydrogen (secondary N) is 1. The van der Waals surface area contributed by atoms with Crippen molar-refractivity contribution in [3.05, 3.63) is 60.3 Å². The lowest BCUT2D eigenvalue weighted by atomic mass is 10.1. The van der Waals surface area contributed by atoms with Gasteiger partial charge in [-0.15, -0.1) is 0 Å². The molecule has 2 aromatic rings. The third kappa shape index (κ3) is 3.32. The molecule has 102 valence electrons. The first-order valence-electron chi connectivity index (χ1n) is 6.54. The number of para-hydroxylation sites is 1. The summed E-state index contributed by atoms with van der Waals surface area (Å²) < 4.78 is 0. The first kappa shape index (κ1) is 14.0. The highest BCUT2D eigenvalue weighted by molar-refractivity contribution is 6.07. The summed E-state index contributed by atoms with van der Waals surface area (Å²) in [6.45, 7) is 7.83. The van der Waals surface area contributed by atoms with E-state index in [1.165, 1.54) is 5.57 Å². The van der Waals surface area contributed by atoms with Crippen LogP contribution in [-0.4, -0.2) is 10.9 Å². The fourth-order valence-corrected chi connectivity index (χ4v) is 1.84. The van der Waals surface area contributed by atoms with Gasteiger partial charge in [-0.3, -0.25) is 9.78 Å². The number of hydrogen-bond acceptors (Lipinski definition) is 2. The van der Waals surface area contributed by atoms with E-state index in [0.717, 1.165) is 10.9 Å². The average molecular weight is 266 g/mol. The molecule has 3 nitrogen and oxygen atoms in total. The topological polar surface area (TPSA) is 42.0 Å². The van der Waals surface area contributed by atoms with E-state index in [1.807, 2.05) is 50.3 Å². The fraction of sp³-hybridized carbons (Fsp3) is 0.176. The maximum absolute atomic E-state index is 12.1. The number of carbonyl (C=O) groups is 1. The van der Waals surface area contributed by atoms with Gasteiger partial charge in [-0.2, -0.15) is 0 Å². The number of pyridine rings is 1. The molecular formula is C17H18N2O. The van der Waals surface area contributed by atoms with Gasteiger partial charge in [0.2, 0.25) is 0 Å². The van der Waals surface area contributed by atoms with Crippen LogP contribution in [0.4, 0.5) is 5.69 Å². The van der Waals surface area contributed by atoms with Gasteiger partial charge in [0.25, 0.3) is 5.91 Å². The number of rotatable bonds is 4. The lowest BCUT2D eigenvalue weighted by Crippen LogP contribution is -2.13. The second kappa shape index (κ2) is 6.15. The fourth-order valence-electron chi connectivity index (χ4n) is 1.84. The quantitative estimate of drug-likeness (QED) is 0.669. The van der Waals surface area contributed by atoms with E-state index in [9.17, 15) is 4.79 Å². The summed E-state index contributed by atoms with van der Waals surface area (Å²) in [6.07, 6.45) is 4.27. The van der Waals surface area contributed by atoms with Gasteiger partial charge >= 0.3 is 0 Å². The highest BCUT2D eigenvalue weighted by atomic mass is 16.1. The highest BCUT2D eigenvalue weighted by Crippen LogP contribution is 2.21. The monoisotopic (exact) mass is 266 g/mol.